The Labute approximate surface area is 132 Å². The highest BCUT2D eigenvalue weighted by Gasteiger charge is 2.19. The lowest BCUT2D eigenvalue weighted by atomic mass is 9.92. The molecule has 0 saturated heterocycles. The SMILES string of the molecule is O=C(O)C(Cc1ccc(Cl)cc1)Cc1ccc(Cl)c(F)c1. The number of carboxylic acids is 1. The standard InChI is InChI=1S/C16H13Cl2FO2/c17-13-4-1-10(2-5-13)7-12(16(20)21)8-11-3-6-14(18)15(19)9-11/h1-6,9,12H,7-8H2,(H,20,21). The smallest absolute Gasteiger partial charge is 0.307 e. The van der Waals surface area contributed by atoms with Gasteiger partial charge in [-0.3, -0.25) is 4.79 Å². The van der Waals surface area contributed by atoms with Crippen LogP contribution < -0.4 is 0 Å². The van der Waals surface area contributed by atoms with E-state index in [2.05, 4.69) is 0 Å². The van der Waals surface area contributed by atoms with E-state index in [0.717, 1.165) is 5.56 Å². The lowest BCUT2D eigenvalue weighted by Crippen LogP contribution is -2.19. The molecule has 110 valence electrons. The fourth-order valence-corrected chi connectivity index (χ4v) is 2.35. The van der Waals surface area contributed by atoms with Gasteiger partial charge in [0.05, 0.1) is 10.9 Å². The topological polar surface area (TPSA) is 37.3 Å². The molecule has 21 heavy (non-hydrogen) atoms. The number of hydrogen-bond donors (Lipinski definition) is 1. The van der Waals surface area contributed by atoms with E-state index in [1.54, 1.807) is 30.3 Å². The quantitative estimate of drug-likeness (QED) is 0.870. The van der Waals surface area contributed by atoms with Crippen molar-refractivity contribution in [3.8, 4) is 0 Å². The van der Waals surface area contributed by atoms with Gasteiger partial charge >= 0.3 is 5.97 Å². The molecule has 0 saturated carbocycles. The summed E-state index contributed by atoms with van der Waals surface area (Å²) in [5.74, 6) is -2.09. The molecular formula is C16H13Cl2FO2. The van der Waals surface area contributed by atoms with Crippen molar-refractivity contribution in [1.82, 2.24) is 0 Å². The number of benzene rings is 2. The maximum absolute atomic E-state index is 13.4. The predicted octanol–water partition coefficient (Wildman–Crippen LogP) is 4.62. The highest BCUT2D eigenvalue weighted by atomic mass is 35.5. The molecule has 0 aliphatic rings. The van der Waals surface area contributed by atoms with Gasteiger partial charge in [0.25, 0.3) is 0 Å². The third-order valence-electron chi connectivity index (χ3n) is 3.21. The molecule has 1 atom stereocenters. The Balaban J connectivity index is 2.13. The molecule has 2 aromatic rings. The Morgan fingerprint density at radius 3 is 2.19 bits per heavy atom. The molecule has 5 heteroatoms. The molecule has 0 bridgehead atoms. The number of aliphatic carboxylic acids is 1. The molecule has 0 aliphatic carbocycles. The first-order valence-corrected chi connectivity index (χ1v) is 7.12. The van der Waals surface area contributed by atoms with Gasteiger partial charge in [-0.15, -0.1) is 0 Å². The summed E-state index contributed by atoms with van der Waals surface area (Å²) in [4.78, 5) is 11.4. The minimum Gasteiger partial charge on any atom is -0.481 e. The van der Waals surface area contributed by atoms with E-state index in [4.69, 9.17) is 23.2 Å². The van der Waals surface area contributed by atoms with Gasteiger partial charge in [-0.2, -0.15) is 0 Å². The van der Waals surface area contributed by atoms with Crippen molar-refractivity contribution >= 4 is 29.2 Å². The molecule has 0 heterocycles. The monoisotopic (exact) mass is 326 g/mol. The van der Waals surface area contributed by atoms with Gasteiger partial charge in [0.15, 0.2) is 0 Å². The van der Waals surface area contributed by atoms with E-state index in [9.17, 15) is 14.3 Å². The van der Waals surface area contributed by atoms with Crippen LogP contribution in [0, 0.1) is 11.7 Å². The maximum Gasteiger partial charge on any atom is 0.307 e. The molecule has 0 amide bonds. The van der Waals surface area contributed by atoms with Crippen LogP contribution in [0.5, 0.6) is 0 Å². The summed E-state index contributed by atoms with van der Waals surface area (Å²) in [7, 11) is 0. The van der Waals surface area contributed by atoms with Gasteiger partial charge in [-0.25, -0.2) is 4.39 Å². The summed E-state index contributed by atoms with van der Waals surface area (Å²) < 4.78 is 13.4. The zero-order valence-corrected chi connectivity index (χ0v) is 12.5. The molecule has 0 fully saturated rings. The predicted molar refractivity (Wildman–Crippen MR) is 81.4 cm³/mol. The summed E-state index contributed by atoms with van der Waals surface area (Å²) >= 11 is 11.4. The Morgan fingerprint density at radius 1 is 1.05 bits per heavy atom. The normalized spacial score (nSPS) is 12.1. The first kappa shape index (κ1) is 15.8. The highest BCUT2D eigenvalue weighted by Crippen LogP contribution is 2.20. The van der Waals surface area contributed by atoms with E-state index >= 15 is 0 Å². The summed E-state index contributed by atoms with van der Waals surface area (Å²) in [6.07, 6.45) is 0.600. The van der Waals surface area contributed by atoms with Crippen LogP contribution in [0.25, 0.3) is 0 Å². The second-order valence-corrected chi connectivity index (χ2v) is 5.66. The van der Waals surface area contributed by atoms with Crippen LogP contribution in [0.2, 0.25) is 10.0 Å². The van der Waals surface area contributed by atoms with Crippen molar-refractivity contribution in [2.45, 2.75) is 12.8 Å². The van der Waals surface area contributed by atoms with E-state index in [0.29, 0.717) is 17.0 Å². The van der Waals surface area contributed by atoms with Crippen LogP contribution in [0.15, 0.2) is 42.5 Å². The van der Waals surface area contributed by atoms with Crippen molar-refractivity contribution in [3.63, 3.8) is 0 Å². The van der Waals surface area contributed by atoms with Crippen molar-refractivity contribution in [1.29, 1.82) is 0 Å². The number of carbonyl (C=O) groups is 1. The lowest BCUT2D eigenvalue weighted by Gasteiger charge is -2.13. The average Bonchev–Trinajstić information content (AvgIpc) is 2.44. The Morgan fingerprint density at radius 2 is 1.62 bits per heavy atom. The second kappa shape index (κ2) is 6.92. The summed E-state index contributed by atoms with van der Waals surface area (Å²) in [5.41, 5.74) is 1.49. The fourth-order valence-electron chi connectivity index (χ4n) is 2.10. The van der Waals surface area contributed by atoms with Gasteiger partial charge in [-0.1, -0.05) is 41.4 Å². The van der Waals surface area contributed by atoms with E-state index < -0.39 is 17.7 Å². The Hall–Kier alpha value is -1.58. The van der Waals surface area contributed by atoms with Crippen LogP contribution in [0.3, 0.4) is 0 Å². The first-order valence-electron chi connectivity index (χ1n) is 6.37. The van der Waals surface area contributed by atoms with E-state index in [1.807, 2.05) is 0 Å². The van der Waals surface area contributed by atoms with Gasteiger partial charge in [-0.05, 0) is 48.2 Å². The van der Waals surface area contributed by atoms with Crippen molar-refractivity contribution in [3.05, 3.63) is 69.5 Å². The molecule has 0 aliphatic heterocycles. The fraction of sp³-hybridized carbons (Fsp3) is 0.188. The molecular weight excluding hydrogens is 314 g/mol. The summed E-state index contributed by atoms with van der Waals surface area (Å²) in [6.45, 7) is 0. The van der Waals surface area contributed by atoms with Gasteiger partial charge < -0.3 is 5.11 Å². The van der Waals surface area contributed by atoms with Crippen molar-refractivity contribution < 1.29 is 14.3 Å². The van der Waals surface area contributed by atoms with Gasteiger partial charge in [0.2, 0.25) is 0 Å². The zero-order valence-electron chi connectivity index (χ0n) is 11.0. The molecule has 2 rings (SSSR count). The molecule has 0 aromatic heterocycles. The van der Waals surface area contributed by atoms with Crippen LogP contribution in [-0.4, -0.2) is 11.1 Å². The lowest BCUT2D eigenvalue weighted by molar-refractivity contribution is -0.141. The van der Waals surface area contributed by atoms with Crippen molar-refractivity contribution in [2.75, 3.05) is 0 Å². The summed E-state index contributed by atoms with van der Waals surface area (Å²) in [6, 6.07) is 11.4. The van der Waals surface area contributed by atoms with Gasteiger partial charge in [0, 0.05) is 5.02 Å². The number of carboxylic acid groups (broad SMARTS) is 1. The van der Waals surface area contributed by atoms with Crippen LogP contribution in [0.1, 0.15) is 11.1 Å². The van der Waals surface area contributed by atoms with Gasteiger partial charge in [0.1, 0.15) is 5.82 Å². The minimum absolute atomic E-state index is 0.0309. The first-order chi connectivity index (χ1) is 9.95. The molecule has 1 unspecified atom stereocenters. The molecule has 2 aromatic carbocycles. The largest absolute Gasteiger partial charge is 0.481 e. The molecule has 0 spiro atoms. The van der Waals surface area contributed by atoms with Crippen molar-refractivity contribution in [2.24, 2.45) is 5.92 Å². The average molecular weight is 327 g/mol. The number of hydrogen-bond acceptors (Lipinski definition) is 1. The highest BCUT2D eigenvalue weighted by molar-refractivity contribution is 6.30. The minimum atomic E-state index is -0.916. The Bertz CT molecular complexity index is 641. The number of rotatable bonds is 5. The maximum atomic E-state index is 13.4. The molecule has 0 radical (unpaired) electrons. The molecule has 2 nitrogen and oxygen atoms in total. The van der Waals surface area contributed by atoms with E-state index in [1.165, 1.54) is 12.1 Å². The van der Waals surface area contributed by atoms with Crippen LogP contribution in [0.4, 0.5) is 4.39 Å². The van der Waals surface area contributed by atoms with Crippen LogP contribution >= 0.6 is 23.2 Å². The number of halogens is 3. The third-order valence-corrected chi connectivity index (χ3v) is 3.77. The van der Waals surface area contributed by atoms with Crippen LogP contribution in [-0.2, 0) is 17.6 Å². The summed E-state index contributed by atoms with van der Waals surface area (Å²) in [5, 5.41) is 9.96. The van der Waals surface area contributed by atoms with E-state index in [-0.39, 0.29) is 11.4 Å². The Kier molecular flexibility index (Phi) is 5.21. The third kappa shape index (κ3) is 4.45. The second-order valence-electron chi connectivity index (χ2n) is 4.82. The molecule has 1 N–H and O–H groups in total. The zero-order chi connectivity index (χ0) is 15.4.